The highest BCUT2D eigenvalue weighted by atomic mass is 16.5. The molecule has 0 aliphatic carbocycles. The quantitative estimate of drug-likeness (QED) is 0.567. The van der Waals surface area contributed by atoms with Crippen molar-refractivity contribution < 1.29 is 4.74 Å². The van der Waals surface area contributed by atoms with Crippen LogP contribution in [0.2, 0.25) is 0 Å². The van der Waals surface area contributed by atoms with Crippen molar-refractivity contribution in [1.82, 2.24) is 5.32 Å². The molecule has 1 aromatic rings. The number of nitriles is 1. The van der Waals surface area contributed by atoms with Crippen LogP contribution in [0, 0.1) is 11.3 Å². The molecule has 0 radical (unpaired) electrons. The van der Waals surface area contributed by atoms with Crippen LogP contribution < -0.4 is 10.1 Å². The Morgan fingerprint density at radius 3 is 2.64 bits per heavy atom. The first-order chi connectivity index (χ1) is 6.86. The van der Waals surface area contributed by atoms with Crippen LogP contribution in [0.5, 0.6) is 5.75 Å². The summed E-state index contributed by atoms with van der Waals surface area (Å²) in [7, 11) is 0. The topological polar surface area (TPSA) is 45.0 Å². The fourth-order valence-corrected chi connectivity index (χ4v) is 1.13. The zero-order valence-electron chi connectivity index (χ0n) is 8.29. The lowest BCUT2D eigenvalue weighted by Crippen LogP contribution is -2.12. The SMILES string of the molecule is CCOc1ccc(CNCC#N)cc1. The standard InChI is InChI=1S/C11H14N2O/c1-2-14-11-5-3-10(4-6-11)9-13-8-7-12/h3-6,13H,2,8-9H2,1H3. The number of hydrogen-bond acceptors (Lipinski definition) is 3. The Hall–Kier alpha value is -1.53. The number of nitrogens with zero attached hydrogens (tertiary/aromatic N) is 1. The van der Waals surface area contributed by atoms with Crippen molar-refractivity contribution in [3.8, 4) is 11.8 Å². The molecule has 1 rings (SSSR count). The average molecular weight is 190 g/mol. The predicted molar refractivity (Wildman–Crippen MR) is 54.9 cm³/mol. The fraction of sp³-hybridized carbons (Fsp3) is 0.364. The van der Waals surface area contributed by atoms with Crippen LogP contribution in [0.3, 0.4) is 0 Å². The Morgan fingerprint density at radius 2 is 2.07 bits per heavy atom. The Labute approximate surface area is 84.3 Å². The first-order valence-electron chi connectivity index (χ1n) is 4.66. The number of hydrogen-bond donors (Lipinski definition) is 1. The van der Waals surface area contributed by atoms with Gasteiger partial charge in [0.25, 0.3) is 0 Å². The van der Waals surface area contributed by atoms with Crippen LogP contribution in [-0.2, 0) is 6.54 Å². The van der Waals surface area contributed by atoms with Gasteiger partial charge < -0.3 is 10.1 Å². The van der Waals surface area contributed by atoms with E-state index in [-0.39, 0.29) is 0 Å². The molecule has 0 heterocycles. The van der Waals surface area contributed by atoms with E-state index in [1.807, 2.05) is 37.3 Å². The summed E-state index contributed by atoms with van der Waals surface area (Å²) in [5.41, 5.74) is 1.16. The molecule has 0 unspecified atom stereocenters. The minimum absolute atomic E-state index is 0.382. The third kappa shape index (κ3) is 3.46. The lowest BCUT2D eigenvalue weighted by Gasteiger charge is -2.04. The zero-order valence-corrected chi connectivity index (χ0v) is 8.29. The highest BCUT2D eigenvalue weighted by molar-refractivity contribution is 5.27. The van der Waals surface area contributed by atoms with Crippen molar-refractivity contribution in [2.45, 2.75) is 13.5 Å². The molecule has 0 spiro atoms. The second kappa shape index (κ2) is 6.01. The minimum Gasteiger partial charge on any atom is -0.494 e. The number of rotatable bonds is 5. The molecular formula is C11H14N2O. The zero-order chi connectivity index (χ0) is 10.2. The molecular weight excluding hydrogens is 176 g/mol. The van der Waals surface area contributed by atoms with Crippen molar-refractivity contribution in [2.75, 3.05) is 13.2 Å². The fourth-order valence-electron chi connectivity index (χ4n) is 1.13. The van der Waals surface area contributed by atoms with Crippen LogP contribution in [0.15, 0.2) is 24.3 Å². The summed E-state index contributed by atoms with van der Waals surface area (Å²) >= 11 is 0. The highest BCUT2D eigenvalue weighted by Crippen LogP contribution is 2.11. The van der Waals surface area contributed by atoms with E-state index in [0.717, 1.165) is 17.9 Å². The Balaban J connectivity index is 2.43. The van der Waals surface area contributed by atoms with E-state index >= 15 is 0 Å². The number of nitrogens with one attached hydrogen (secondary N) is 1. The van der Waals surface area contributed by atoms with Gasteiger partial charge in [-0.2, -0.15) is 5.26 Å². The Kier molecular flexibility index (Phi) is 4.53. The maximum atomic E-state index is 8.33. The van der Waals surface area contributed by atoms with Gasteiger partial charge in [0.15, 0.2) is 0 Å². The maximum Gasteiger partial charge on any atom is 0.119 e. The normalized spacial score (nSPS) is 9.43. The Morgan fingerprint density at radius 1 is 1.36 bits per heavy atom. The second-order valence-corrected chi connectivity index (χ2v) is 2.84. The van der Waals surface area contributed by atoms with Crippen LogP contribution in [0.1, 0.15) is 12.5 Å². The molecule has 0 bridgehead atoms. The van der Waals surface area contributed by atoms with Crippen molar-refractivity contribution in [3.63, 3.8) is 0 Å². The molecule has 3 nitrogen and oxygen atoms in total. The summed E-state index contributed by atoms with van der Waals surface area (Å²) in [6, 6.07) is 9.90. The smallest absolute Gasteiger partial charge is 0.119 e. The van der Waals surface area contributed by atoms with Crippen LogP contribution >= 0.6 is 0 Å². The summed E-state index contributed by atoms with van der Waals surface area (Å²) < 4.78 is 5.31. The third-order valence-electron chi connectivity index (χ3n) is 1.77. The van der Waals surface area contributed by atoms with Gasteiger partial charge in [-0.15, -0.1) is 0 Å². The van der Waals surface area contributed by atoms with Crippen molar-refractivity contribution in [3.05, 3.63) is 29.8 Å². The van der Waals surface area contributed by atoms with Gasteiger partial charge in [-0.25, -0.2) is 0 Å². The van der Waals surface area contributed by atoms with Gasteiger partial charge in [0.1, 0.15) is 5.75 Å². The van der Waals surface area contributed by atoms with Crippen molar-refractivity contribution in [2.24, 2.45) is 0 Å². The van der Waals surface area contributed by atoms with Gasteiger partial charge in [0.2, 0.25) is 0 Å². The van der Waals surface area contributed by atoms with E-state index in [0.29, 0.717) is 13.2 Å². The molecule has 0 saturated heterocycles. The molecule has 0 aliphatic heterocycles. The number of benzene rings is 1. The van der Waals surface area contributed by atoms with Crippen LogP contribution in [0.25, 0.3) is 0 Å². The van der Waals surface area contributed by atoms with E-state index in [2.05, 4.69) is 5.32 Å². The molecule has 74 valence electrons. The first-order valence-corrected chi connectivity index (χ1v) is 4.66. The predicted octanol–water partition coefficient (Wildman–Crippen LogP) is 1.70. The summed E-state index contributed by atoms with van der Waals surface area (Å²) in [6.45, 7) is 3.75. The lowest BCUT2D eigenvalue weighted by atomic mass is 10.2. The molecule has 1 aromatic carbocycles. The minimum atomic E-state index is 0.382. The van der Waals surface area contributed by atoms with Gasteiger partial charge in [-0.1, -0.05) is 12.1 Å². The van der Waals surface area contributed by atoms with Gasteiger partial charge in [-0.05, 0) is 24.6 Å². The van der Waals surface area contributed by atoms with Crippen LogP contribution in [0.4, 0.5) is 0 Å². The van der Waals surface area contributed by atoms with Gasteiger partial charge in [-0.3, -0.25) is 0 Å². The van der Waals surface area contributed by atoms with Gasteiger partial charge >= 0.3 is 0 Å². The Bertz CT molecular complexity index is 300. The molecule has 0 amide bonds. The third-order valence-corrected chi connectivity index (χ3v) is 1.77. The average Bonchev–Trinajstić information content (AvgIpc) is 2.21. The molecule has 0 saturated carbocycles. The number of ether oxygens (including phenoxy) is 1. The molecule has 14 heavy (non-hydrogen) atoms. The molecule has 0 aliphatic rings. The first kappa shape index (κ1) is 10.6. The largest absolute Gasteiger partial charge is 0.494 e. The van der Waals surface area contributed by atoms with E-state index in [9.17, 15) is 0 Å². The van der Waals surface area contributed by atoms with E-state index in [1.54, 1.807) is 0 Å². The lowest BCUT2D eigenvalue weighted by molar-refractivity contribution is 0.340. The van der Waals surface area contributed by atoms with E-state index in [1.165, 1.54) is 0 Å². The molecule has 0 aromatic heterocycles. The molecule has 3 heteroatoms. The van der Waals surface area contributed by atoms with E-state index in [4.69, 9.17) is 10.00 Å². The summed E-state index contributed by atoms with van der Waals surface area (Å²) in [5.74, 6) is 0.886. The summed E-state index contributed by atoms with van der Waals surface area (Å²) in [5, 5.41) is 11.3. The van der Waals surface area contributed by atoms with Gasteiger partial charge in [0, 0.05) is 6.54 Å². The summed E-state index contributed by atoms with van der Waals surface area (Å²) in [4.78, 5) is 0. The van der Waals surface area contributed by atoms with Crippen molar-refractivity contribution >= 4 is 0 Å². The van der Waals surface area contributed by atoms with Crippen molar-refractivity contribution in [1.29, 1.82) is 5.26 Å². The molecule has 1 N–H and O–H groups in total. The van der Waals surface area contributed by atoms with Crippen LogP contribution in [-0.4, -0.2) is 13.2 Å². The monoisotopic (exact) mass is 190 g/mol. The summed E-state index contributed by atoms with van der Waals surface area (Å²) in [6.07, 6.45) is 0. The molecule has 0 fully saturated rings. The molecule has 0 atom stereocenters. The maximum absolute atomic E-state index is 8.33. The van der Waals surface area contributed by atoms with Gasteiger partial charge in [0.05, 0.1) is 19.2 Å². The highest BCUT2D eigenvalue weighted by Gasteiger charge is 1.93. The second-order valence-electron chi connectivity index (χ2n) is 2.84. The van der Waals surface area contributed by atoms with E-state index < -0.39 is 0 Å².